The smallest absolute Gasteiger partial charge is 0.0779 e. The van der Waals surface area contributed by atoms with Crippen LogP contribution in [0.15, 0.2) is 0 Å². The van der Waals surface area contributed by atoms with E-state index >= 15 is 0 Å². The molecule has 0 N–H and O–H groups in total. The molecule has 1 saturated heterocycles. The lowest BCUT2D eigenvalue weighted by atomic mass is 10.2. The number of hydrogen-bond acceptors (Lipinski definition) is 1. The Morgan fingerprint density at radius 3 is 2.44 bits per heavy atom. The van der Waals surface area contributed by atoms with Crippen molar-refractivity contribution in [2.45, 2.75) is 26.1 Å². The Balaban J connectivity index is 2.41. The fraction of sp³-hybridized carbons (Fsp3) is 1.00. The Kier molecular flexibility index (Phi) is 1.96. The van der Waals surface area contributed by atoms with E-state index < -0.39 is 8.07 Å². The van der Waals surface area contributed by atoms with Gasteiger partial charge in [-0.3, -0.25) is 0 Å². The van der Waals surface area contributed by atoms with Gasteiger partial charge in [0.2, 0.25) is 0 Å². The highest BCUT2D eigenvalue weighted by molar-refractivity contribution is 6.77. The van der Waals surface area contributed by atoms with E-state index in [9.17, 15) is 0 Å². The van der Waals surface area contributed by atoms with Gasteiger partial charge in [-0.05, 0) is 5.92 Å². The van der Waals surface area contributed by atoms with Crippen LogP contribution in [0, 0.1) is 5.92 Å². The molecule has 1 heterocycles. The number of ether oxygens (including phenoxy) is 1. The lowest BCUT2D eigenvalue weighted by molar-refractivity contribution is 0.127. The summed E-state index contributed by atoms with van der Waals surface area (Å²) in [6.07, 6.45) is 1.08. The van der Waals surface area contributed by atoms with Crippen LogP contribution in [0.2, 0.25) is 19.1 Å². The van der Waals surface area contributed by atoms with E-state index in [0.717, 1.165) is 18.8 Å². The summed E-state index contributed by atoms with van der Waals surface area (Å²) in [4.78, 5) is 0. The predicted molar refractivity (Wildman–Crippen MR) is 42.3 cm³/mol. The standard InChI is InChI=1S/C7H16OSi/c1-7-4-8-6-9(2,3)5-7/h7H,4-6H2,1-3H3. The maximum absolute atomic E-state index is 5.46. The first kappa shape index (κ1) is 7.29. The second-order valence-corrected chi connectivity index (χ2v) is 9.01. The minimum absolute atomic E-state index is 0.820. The molecule has 0 aromatic heterocycles. The zero-order chi connectivity index (χ0) is 6.91. The molecule has 1 unspecified atom stereocenters. The molecule has 0 bridgehead atoms. The first-order valence-electron chi connectivity index (χ1n) is 3.68. The van der Waals surface area contributed by atoms with Crippen LogP contribution in [0.3, 0.4) is 0 Å². The van der Waals surface area contributed by atoms with Crippen molar-refractivity contribution in [1.82, 2.24) is 0 Å². The summed E-state index contributed by atoms with van der Waals surface area (Å²) in [5.74, 6) is 0.820. The van der Waals surface area contributed by atoms with Crippen molar-refractivity contribution in [2.75, 3.05) is 12.8 Å². The molecule has 0 amide bonds. The third kappa shape index (κ3) is 2.10. The van der Waals surface area contributed by atoms with Crippen molar-refractivity contribution in [2.24, 2.45) is 5.92 Å². The van der Waals surface area contributed by atoms with Crippen LogP contribution < -0.4 is 0 Å². The molecule has 0 aromatic rings. The Labute approximate surface area is 58.4 Å². The summed E-state index contributed by atoms with van der Waals surface area (Å²) < 4.78 is 5.46. The van der Waals surface area contributed by atoms with Crippen molar-refractivity contribution in [3.05, 3.63) is 0 Å². The van der Waals surface area contributed by atoms with Gasteiger partial charge in [-0.1, -0.05) is 26.1 Å². The van der Waals surface area contributed by atoms with Crippen molar-refractivity contribution in [3.8, 4) is 0 Å². The third-order valence-corrected chi connectivity index (χ3v) is 4.58. The topological polar surface area (TPSA) is 9.23 Å². The molecule has 54 valence electrons. The van der Waals surface area contributed by atoms with E-state index in [1.807, 2.05) is 0 Å². The van der Waals surface area contributed by atoms with E-state index in [2.05, 4.69) is 20.0 Å². The van der Waals surface area contributed by atoms with Crippen LogP contribution in [0.5, 0.6) is 0 Å². The first-order chi connectivity index (χ1) is 4.10. The summed E-state index contributed by atoms with van der Waals surface area (Å²) in [6.45, 7) is 8.09. The molecule has 1 atom stereocenters. The molecule has 0 spiro atoms. The van der Waals surface area contributed by atoms with Gasteiger partial charge in [0.15, 0.2) is 0 Å². The average molecular weight is 144 g/mol. The SMILES string of the molecule is CC1COC[Si](C)(C)C1. The molecule has 1 rings (SSSR count). The molecular weight excluding hydrogens is 128 g/mol. The number of hydrogen-bond donors (Lipinski definition) is 0. The highest BCUT2D eigenvalue weighted by Gasteiger charge is 2.27. The highest BCUT2D eigenvalue weighted by atomic mass is 28.3. The second-order valence-electron chi connectivity index (χ2n) is 3.99. The van der Waals surface area contributed by atoms with Gasteiger partial charge in [-0.2, -0.15) is 0 Å². The third-order valence-electron chi connectivity index (χ3n) is 1.80. The van der Waals surface area contributed by atoms with Gasteiger partial charge in [0.05, 0.1) is 8.07 Å². The lowest BCUT2D eigenvalue weighted by Gasteiger charge is -2.31. The molecule has 9 heavy (non-hydrogen) atoms. The van der Waals surface area contributed by atoms with Gasteiger partial charge in [0.25, 0.3) is 0 Å². The molecule has 0 aliphatic carbocycles. The summed E-state index contributed by atoms with van der Waals surface area (Å²) >= 11 is 0. The van der Waals surface area contributed by atoms with Crippen LogP contribution in [0.1, 0.15) is 6.92 Å². The molecule has 0 aromatic carbocycles. The fourth-order valence-corrected chi connectivity index (χ4v) is 4.39. The summed E-state index contributed by atoms with van der Waals surface area (Å²) in [5, 5.41) is 0. The largest absolute Gasteiger partial charge is 0.384 e. The molecule has 1 fully saturated rings. The number of rotatable bonds is 0. The minimum atomic E-state index is -0.876. The molecule has 0 radical (unpaired) electrons. The minimum Gasteiger partial charge on any atom is -0.384 e. The van der Waals surface area contributed by atoms with Gasteiger partial charge < -0.3 is 4.74 Å². The van der Waals surface area contributed by atoms with Gasteiger partial charge in [-0.15, -0.1) is 0 Å². The zero-order valence-corrected chi connectivity index (χ0v) is 7.61. The van der Waals surface area contributed by atoms with Crippen LogP contribution >= 0.6 is 0 Å². The Hall–Kier alpha value is 0.177. The molecule has 1 aliphatic rings. The van der Waals surface area contributed by atoms with E-state index in [0.29, 0.717) is 0 Å². The van der Waals surface area contributed by atoms with Crippen LogP contribution in [0.4, 0.5) is 0 Å². The zero-order valence-electron chi connectivity index (χ0n) is 6.61. The van der Waals surface area contributed by atoms with Gasteiger partial charge in [0, 0.05) is 12.8 Å². The quantitative estimate of drug-likeness (QED) is 0.472. The van der Waals surface area contributed by atoms with Gasteiger partial charge in [0.1, 0.15) is 0 Å². The Morgan fingerprint density at radius 1 is 1.44 bits per heavy atom. The van der Waals surface area contributed by atoms with Crippen molar-refractivity contribution < 1.29 is 4.74 Å². The van der Waals surface area contributed by atoms with Gasteiger partial charge >= 0.3 is 0 Å². The molecule has 1 aliphatic heterocycles. The van der Waals surface area contributed by atoms with Crippen LogP contribution in [-0.4, -0.2) is 20.9 Å². The van der Waals surface area contributed by atoms with E-state index in [-0.39, 0.29) is 0 Å². The van der Waals surface area contributed by atoms with Crippen molar-refractivity contribution in [1.29, 1.82) is 0 Å². The molecule has 1 nitrogen and oxygen atoms in total. The van der Waals surface area contributed by atoms with E-state index in [4.69, 9.17) is 4.74 Å². The predicted octanol–water partition coefficient (Wildman–Crippen LogP) is 1.90. The monoisotopic (exact) mass is 144 g/mol. The molecule has 2 heteroatoms. The van der Waals surface area contributed by atoms with E-state index in [1.54, 1.807) is 0 Å². The van der Waals surface area contributed by atoms with E-state index in [1.165, 1.54) is 6.04 Å². The lowest BCUT2D eigenvalue weighted by Crippen LogP contribution is -2.40. The second kappa shape index (κ2) is 2.43. The Morgan fingerprint density at radius 2 is 2.11 bits per heavy atom. The maximum atomic E-state index is 5.46. The Bertz CT molecular complexity index is 101. The average Bonchev–Trinajstić information content (AvgIpc) is 1.60. The van der Waals surface area contributed by atoms with Crippen LogP contribution in [0.25, 0.3) is 0 Å². The highest BCUT2D eigenvalue weighted by Crippen LogP contribution is 2.22. The van der Waals surface area contributed by atoms with Crippen LogP contribution in [-0.2, 0) is 4.74 Å². The van der Waals surface area contributed by atoms with Crippen molar-refractivity contribution >= 4 is 8.07 Å². The molecular formula is C7H16OSi. The summed E-state index contributed by atoms with van der Waals surface area (Å²) in [5.41, 5.74) is 0. The van der Waals surface area contributed by atoms with Gasteiger partial charge in [-0.25, -0.2) is 0 Å². The summed E-state index contributed by atoms with van der Waals surface area (Å²) in [7, 11) is -0.876. The summed E-state index contributed by atoms with van der Waals surface area (Å²) in [6, 6.07) is 1.45. The maximum Gasteiger partial charge on any atom is 0.0779 e. The molecule has 0 saturated carbocycles. The first-order valence-corrected chi connectivity index (χ1v) is 7.09. The normalized spacial score (nSPS) is 34.3. The fourth-order valence-electron chi connectivity index (χ4n) is 1.60. The van der Waals surface area contributed by atoms with Crippen molar-refractivity contribution in [3.63, 3.8) is 0 Å².